The van der Waals surface area contributed by atoms with Crippen molar-refractivity contribution in [2.24, 2.45) is 13.0 Å². The van der Waals surface area contributed by atoms with Crippen molar-refractivity contribution >= 4 is 49.8 Å². The average molecular weight is 498 g/mol. The monoisotopic (exact) mass is 497 g/mol. The Labute approximate surface area is 194 Å². The molecule has 0 bridgehead atoms. The lowest BCUT2D eigenvalue weighted by atomic mass is 10.1. The van der Waals surface area contributed by atoms with Crippen LogP contribution >= 0.6 is 11.6 Å². The second-order valence-corrected chi connectivity index (χ2v) is 9.97. The number of benzene rings is 2. The second-order valence-electron chi connectivity index (χ2n) is 7.92. The van der Waals surface area contributed by atoms with E-state index in [0.29, 0.717) is 13.1 Å². The van der Waals surface area contributed by atoms with E-state index in [0.717, 1.165) is 23.5 Å². The molecule has 33 heavy (non-hydrogen) atoms. The number of halogens is 3. The highest BCUT2D eigenvalue weighted by Crippen LogP contribution is 2.37. The van der Waals surface area contributed by atoms with E-state index in [-0.39, 0.29) is 38.9 Å². The normalized spacial score (nSPS) is 16.9. The number of aromatic nitrogens is 2. The van der Waals surface area contributed by atoms with Gasteiger partial charge in [-0.1, -0.05) is 24.9 Å². The molecule has 4 rings (SSSR count). The maximum atomic E-state index is 15.1. The van der Waals surface area contributed by atoms with Crippen molar-refractivity contribution in [1.82, 2.24) is 13.9 Å². The number of hydrogen-bond acceptors (Lipinski definition) is 5. The molecule has 1 aromatic heterocycles. The molecule has 3 aromatic rings. The first-order chi connectivity index (χ1) is 15.6. The quantitative estimate of drug-likeness (QED) is 0.536. The maximum Gasteiger partial charge on any atom is 0.301 e. The summed E-state index contributed by atoms with van der Waals surface area (Å²) in [5.41, 5.74) is -1.06. The van der Waals surface area contributed by atoms with Crippen LogP contribution in [0.3, 0.4) is 0 Å². The number of fused-ring (bicyclic) bond motifs is 1. The Morgan fingerprint density at radius 2 is 1.94 bits per heavy atom. The van der Waals surface area contributed by atoms with Gasteiger partial charge in [-0.3, -0.25) is 9.52 Å². The summed E-state index contributed by atoms with van der Waals surface area (Å²) in [5.74, 6) is -1.47. The van der Waals surface area contributed by atoms with Crippen LogP contribution in [0, 0.1) is 17.6 Å². The van der Waals surface area contributed by atoms with Gasteiger partial charge in [0.05, 0.1) is 33.9 Å². The predicted molar refractivity (Wildman–Crippen MR) is 124 cm³/mol. The third-order valence-electron chi connectivity index (χ3n) is 5.78. The summed E-state index contributed by atoms with van der Waals surface area (Å²) >= 11 is 6.31. The topological polar surface area (TPSA) is 96.3 Å². The highest BCUT2D eigenvalue weighted by Gasteiger charge is 2.31. The molecule has 0 amide bonds. The zero-order chi connectivity index (χ0) is 23.9. The minimum absolute atomic E-state index is 0.0562. The first-order valence-corrected chi connectivity index (χ1v) is 12.1. The van der Waals surface area contributed by atoms with Gasteiger partial charge < -0.3 is 9.88 Å². The van der Waals surface area contributed by atoms with E-state index in [1.54, 1.807) is 0 Å². The third-order valence-corrected chi connectivity index (χ3v) is 7.66. The highest BCUT2D eigenvalue weighted by atomic mass is 35.5. The van der Waals surface area contributed by atoms with Gasteiger partial charge in [-0.2, -0.15) is 12.7 Å². The van der Waals surface area contributed by atoms with E-state index in [1.807, 2.05) is 6.92 Å². The Kier molecular flexibility index (Phi) is 6.30. The fourth-order valence-corrected chi connectivity index (χ4v) is 5.42. The Hall–Kier alpha value is -2.76. The summed E-state index contributed by atoms with van der Waals surface area (Å²) in [5, 5.41) is 2.01. The van der Waals surface area contributed by atoms with Crippen LogP contribution in [0.15, 0.2) is 35.4 Å². The van der Waals surface area contributed by atoms with Crippen LogP contribution in [0.1, 0.15) is 19.8 Å². The molecule has 12 heteroatoms. The summed E-state index contributed by atoms with van der Waals surface area (Å²) in [7, 11) is -2.47. The molecule has 0 radical (unpaired) electrons. The first-order valence-electron chi connectivity index (χ1n) is 10.3. The lowest BCUT2D eigenvalue weighted by molar-refractivity contribution is 0.457. The van der Waals surface area contributed by atoms with E-state index in [2.05, 4.69) is 15.0 Å². The van der Waals surface area contributed by atoms with Crippen molar-refractivity contribution in [3.8, 4) is 0 Å². The third kappa shape index (κ3) is 4.40. The number of hydrogen-bond donors (Lipinski definition) is 2. The van der Waals surface area contributed by atoms with Crippen LogP contribution in [0.25, 0.3) is 10.9 Å². The molecule has 2 N–H and O–H groups in total. The summed E-state index contributed by atoms with van der Waals surface area (Å²) in [6.07, 6.45) is 2.90. The van der Waals surface area contributed by atoms with Gasteiger partial charge in [0.25, 0.3) is 5.56 Å². The van der Waals surface area contributed by atoms with Gasteiger partial charge in [0, 0.05) is 20.1 Å². The molecular formula is C21H22ClF2N5O3S. The molecule has 1 fully saturated rings. The molecule has 0 aliphatic carbocycles. The summed E-state index contributed by atoms with van der Waals surface area (Å²) in [6.45, 7) is 2.77. The van der Waals surface area contributed by atoms with Crippen molar-refractivity contribution in [3.63, 3.8) is 0 Å². The Balaban J connectivity index is 1.68. The van der Waals surface area contributed by atoms with Gasteiger partial charge in [-0.25, -0.2) is 13.8 Å². The van der Waals surface area contributed by atoms with Crippen LogP contribution in [0.2, 0.25) is 5.02 Å². The Morgan fingerprint density at radius 3 is 2.64 bits per heavy atom. The SMILES string of the molecule is CCC1CCN(S(=O)(=O)Nc2ccc(F)c(Nc3ccc4ncn(C)c(=O)c4c3F)c2Cl)C1. The standard InChI is InChI=1S/C21H22ClF2N5O3S/c1-3-12-8-9-29(10-12)33(31,32)27-15-5-4-13(23)20(18(15)22)26-16-7-6-14-17(19(16)24)21(30)28(2)11-25-14/h4-7,11-12,26-27H,3,8-10H2,1-2H3. The van der Waals surface area contributed by atoms with Gasteiger partial charge in [0.1, 0.15) is 11.2 Å². The summed E-state index contributed by atoms with van der Waals surface area (Å²) in [4.78, 5) is 16.3. The molecule has 0 spiro atoms. The number of aryl methyl sites for hydroxylation is 1. The van der Waals surface area contributed by atoms with Crippen molar-refractivity contribution in [3.05, 3.63) is 57.6 Å². The van der Waals surface area contributed by atoms with E-state index < -0.39 is 27.4 Å². The highest BCUT2D eigenvalue weighted by molar-refractivity contribution is 7.90. The molecule has 1 aliphatic heterocycles. The van der Waals surface area contributed by atoms with Gasteiger partial charge in [-0.05, 0) is 36.6 Å². The minimum atomic E-state index is -3.91. The van der Waals surface area contributed by atoms with Gasteiger partial charge in [0.2, 0.25) is 0 Å². The zero-order valence-electron chi connectivity index (χ0n) is 17.9. The fourth-order valence-electron chi connectivity index (χ4n) is 3.78. The van der Waals surface area contributed by atoms with Crippen molar-refractivity contribution in [1.29, 1.82) is 0 Å². The lowest BCUT2D eigenvalue weighted by Crippen LogP contribution is -2.34. The van der Waals surface area contributed by atoms with E-state index in [4.69, 9.17) is 11.6 Å². The van der Waals surface area contributed by atoms with Gasteiger partial charge in [0.15, 0.2) is 5.82 Å². The molecule has 1 aliphatic rings. The summed E-state index contributed by atoms with van der Waals surface area (Å²) in [6, 6.07) is 4.93. The molecule has 176 valence electrons. The first kappa shape index (κ1) is 23.4. The van der Waals surface area contributed by atoms with Crippen molar-refractivity contribution in [2.45, 2.75) is 19.8 Å². The summed E-state index contributed by atoms with van der Waals surface area (Å²) < 4.78 is 60.1. The number of rotatable bonds is 6. The lowest BCUT2D eigenvalue weighted by Gasteiger charge is -2.20. The average Bonchev–Trinajstić information content (AvgIpc) is 3.27. The Bertz CT molecular complexity index is 1400. The molecule has 2 aromatic carbocycles. The van der Waals surface area contributed by atoms with Crippen LogP contribution < -0.4 is 15.6 Å². The van der Waals surface area contributed by atoms with Crippen LogP contribution in [0.4, 0.5) is 25.8 Å². The van der Waals surface area contributed by atoms with E-state index in [9.17, 15) is 17.6 Å². The van der Waals surface area contributed by atoms with Crippen LogP contribution in [-0.4, -0.2) is 35.4 Å². The smallest absolute Gasteiger partial charge is 0.301 e. The van der Waals surface area contributed by atoms with E-state index >= 15 is 4.39 Å². The molecule has 2 heterocycles. The second kappa shape index (κ2) is 8.88. The number of nitrogens with one attached hydrogen (secondary N) is 2. The maximum absolute atomic E-state index is 15.1. The minimum Gasteiger partial charge on any atom is -0.349 e. The van der Waals surface area contributed by atoms with Gasteiger partial charge >= 0.3 is 10.2 Å². The molecule has 1 atom stereocenters. The molecular weight excluding hydrogens is 476 g/mol. The van der Waals surface area contributed by atoms with Crippen molar-refractivity contribution in [2.75, 3.05) is 23.1 Å². The Morgan fingerprint density at radius 1 is 1.21 bits per heavy atom. The fraction of sp³-hybridized carbons (Fsp3) is 0.333. The number of anilines is 3. The van der Waals surface area contributed by atoms with Crippen molar-refractivity contribution < 1.29 is 17.2 Å². The molecule has 1 saturated heterocycles. The molecule has 1 unspecified atom stereocenters. The number of nitrogens with zero attached hydrogens (tertiary/aromatic N) is 3. The zero-order valence-corrected chi connectivity index (χ0v) is 19.5. The van der Waals surface area contributed by atoms with Crippen LogP contribution in [0.5, 0.6) is 0 Å². The van der Waals surface area contributed by atoms with Gasteiger partial charge in [-0.15, -0.1) is 0 Å². The van der Waals surface area contributed by atoms with Crippen LogP contribution in [-0.2, 0) is 17.3 Å². The largest absolute Gasteiger partial charge is 0.349 e. The molecule has 8 nitrogen and oxygen atoms in total. The molecule has 0 saturated carbocycles. The van der Waals surface area contributed by atoms with E-state index in [1.165, 1.54) is 35.9 Å². The predicted octanol–water partition coefficient (Wildman–Crippen LogP) is 4.00.